The Kier molecular flexibility index (Phi) is 26.1. The number of aromatic hydroxyl groups is 3. The van der Waals surface area contributed by atoms with Gasteiger partial charge in [0.2, 0.25) is 23.6 Å². The van der Waals surface area contributed by atoms with E-state index in [9.17, 15) is 73.7 Å². The van der Waals surface area contributed by atoms with Crippen LogP contribution in [0.5, 0.6) is 34.5 Å². The number of hydrogen-bond donors (Lipinski definition) is 10. The average Bonchev–Trinajstić information content (AvgIpc) is 0.805. The molecule has 9 aromatic carbocycles. The Labute approximate surface area is 596 Å². The van der Waals surface area contributed by atoms with E-state index in [-0.39, 0.29) is 66.8 Å². The summed E-state index contributed by atoms with van der Waals surface area (Å²) in [4.78, 5) is 75.0. The zero-order valence-electron chi connectivity index (χ0n) is 57.7. The first kappa shape index (κ1) is 78.7. The number of hydrogen-bond acceptors (Lipinski definition) is 18. The van der Waals surface area contributed by atoms with Crippen molar-refractivity contribution in [2.24, 2.45) is 5.92 Å². The second-order valence-electron chi connectivity index (χ2n) is 24.1. The number of carbonyl (C=O) groups excluding carboxylic acids is 6. The van der Waals surface area contributed by atoms with Crippen molar-refractivity contribution in [3.05, 3.63) is 227 Å². The number of rotatable bonds is 22. The van der Waals surface area contributed by atoms with Gasteiger partial charge in [0, 0.05) is 59.8 Å². The number of nitrogens with two attached hydrogens (primary N) is 1. The Hall–Kier alpha value is -11.6. The molecule has 0 aliphatic carbocycles. The molecule has 0 fully saturated rings. The topological polar surface area (TPSA) is 382 Å². The predicted molar refractivity (Wildman–Crippen MR) is 393 cm³/mol. The molecule has 0 bridgehead atoms. The third-order valence-electron chi connectivity index (χ3n) is 15.6. The number of nitrogen functional groups attached to an aromatic ring is 1. The minimum Gasteiger partial charge on any atom is -0.506 e. The number of ether oxygens (including phenoxy) is 2. The number of carbonyl (C=O) groups is 6. The number of phenols is 3. The molecule has 540 valence electrons. The van der Waals surface area contributed by atoms with Gasteiger partial charge in [-0.25, -0.2) is 29.6 Å². The van der Waals surface area contributed by atoms with Gasteiger partial charge in [-0.05, 0) is 162 Å². The zero-order valence-corrected chi connectivity index (χ0v) is 60.1. The summed E-state index contributed by atoms with van der Waals surface area (Å²) in [6.07, 6.45) is -0.0282. The van der Waals surface area contributed by atoms with Crippen molar-refractivity contribution in [3.8, 4) is 34.5 Å². The summed E-state index contributed by atoms with van der Waals surface area (Å²) in [6.45, 7) is 14.6. The first-order chi connectivity index (χ1) is 48.5. The molecule has 3 atom stereocenters. The number of halogens is 1. The van der Waals surface area contributed by atoms with Crippen molar-refractivity contribution >= 4 is 105 Å². The summed E-state index contributed by atoms with van der Waals surface area (Å²) in [5, 5.41) is 41.6. The highest BCUT2D eigenvalue weighted by atomic mass is 32.2. The van der Waals surface area contributed by atoms with Crippen molar-refractivity contribution in [2.45, 2.75) is 99.2 Å². The van der Waals surface area contributed by atoms with Crippen LogP contribution in [0.25, 0.3) is 0 Å². The van der Waals surface area contributed by atoms with E-state index in [0.29, 0.717) is 28.3 Å². The van der Waals surface area contributed by atoms with Gasteiger partial charge >= 0.3 is 0 Å². The second-order valence-corrected chi connectivity index (χ2v) is 30.5. The minimum absolute atomic E-state index is 0.00242. The highest BCUT2D eigenvalue weighted by molar-refractivity contribution is 7.93. The first-order valence-corrected chi connectivity index (χ1v) is 36.4. The molecule has 9 rings (SSSR count). The van der Waals surface area contributed by atoms with E-state index in [0.717, 1.165) is 34.4 Å². The fraction of sp³-hybridized carbons (Fsp3) is 0.200. The Morgan fingerprint density at radius 1 is 0.466 bits per heavy atom. The molecule has 0 aliphatic heterocycles. The maximum absolute atomic E-state index is 14.2. The Balaban J connectivity index is 0.000000220. The van der Waals surface area contributed by atoms with Crippen LogP contribution in [-0.2, 0) is 48.7 Å². The van der Waals surface area contributed by atoms with Crippen LogP contribution in [0, 0.1) is 39.4 Å². The van der Waals surface area contributed by atoms with Crippen molar-refractivity contribution < 1.29 is 83.2 Å². The van der Waals surface area contributed by atoms with Gasteiger partial charge in [0.1, 0.15) is 50.3 Å². The number of benzene rings is 9. The van der Waals surface area contributed by atoms with Gasteiger partial charge in [-0.2, -0.15) is 0 Å². The quantitative estimate of drug-likeness (QED) is 0.0222. The van der Waals surface area contributed by atoms with Crippen LogP contribution >= 0.6 is 0 Å². The molecule has 0 spiro atoms. The number of methoxy groups -OCH3 is 1. The lowest BCUT2D eigenvalue weighted by atomic mass is 10.1. The number of nitrogens with one attached hydrogen (secondary N) is 6. The molecule has 0 aromatic heterocycles. The van der Waals surface area contributed by atoms with Crippen molar-refractivity contribution in [3.63, 3.8) is 0 Å². The van der Waals surface area contributed by atoms with Crippen LogP contribution in [0.2, 0.25) is 0 Å². The van der Waals surface area contributed by atoms with Crippen LogP contribution in [0.1, 0.15) is 84.0 Å². The molecule has 0 saturated heterocycles. The molecule has 3 unspecified atom stereocenters. The van der Waals surface area contributed by atoms with Gasteiger partial charge in [0.25, 0.3) is 11.8 Å². The molecule has 0 saturated carbocycles. The molecule has 24 nitrogen and oxygen atoms in total. The Morgan fingerprint density at radius 3 is 1.47 bits per heavy atom. The van der Waals surface area contributed by atoms with E-state index in [1.165, 1.54) is 94.6 Å². The lowest BCUT2D eigenvalue weighted by molar-refractivity contribution is -0.117. The minimum atomic E-state index is -4.01. The summed E-state index contributed by atoms with van der Waals surface area (Å²) < 4.78 is 104. The van der Waals surface area contributed by atoms with Crippen molar-refractivity contribution in [2.75, 3.05) is 44.7 Å². The molecule has 9 aromatic rings. The van der Waals surface area contributed by atoms with Gasteiger partial charge in [-0.3, -0.25) is 28.8 Å². The van der Waals surface area contributed by atoms with E-state index >= 15 is 0 Å². The largest absolute Gasteiger partial charge is 0.506 e. The van der Waals surface area contributed by atoms with E-state index < -0.39 is 104 Å². The molecule has 103 heavy (non-hydrogen) atoms. The van der Waals surface area contributed by atoms with E-state index in [1.807, 2.05) is 13.8 Å². The van der Waals surface area contributed by atoms with E-state index in [4.69, 9.17) is 15.2 Å². The molecular formula is C75H78FN7O17S3. The summed E-state index contributed by atoms with van der Waals surface area (Å²) in [5.41, 5.74) is 10.2. The monoisotopic (exact) mass is 1460 g/mol. The van der Waals surface area contributed by atoms with Crippen molar-refractivity contribution in [1.82, 2.24) is 0 Å². The Morgan fingerprint density at radius 2 is 0.951 bits per heavy atom. The van der Waals surface area contributed by atoms with Gasteiger partial charge in [-0.15, -0.1) is 0 Å². The average molecular weight is 1460 g/mol. The molecule has 0 aliphatic rings. The number of amides is 6. The molecule has 0 heterocycles. The lowest BCUT2D eigenvalue weighted by Crippen LogP contribution is -2.39. The fourth-order valence-electron chi connectivity index (χ4n) is 9.93. The number of aryl methyl sites for hydroxylation is 4. The second kappa shape index (κ2) is 34.2. The van der Waals surface area contributed by atoms with Gasteiger partial charge in [-0.1, -0.05) is 86.0 Å². The summed E-state index contributed by atoms with van der Waals surface area (Å²) >= 11 is 0. The highest BCUT2D eigenvalue weighted by Crippen LogP contribution is 2.40. The normalized spacial score (nSPS) is 12.1. The Bertz CT molecular complexity index is 4970. The molecule has 28 heteroatoms. The predicted octanol–water partition coefficient (Wildman–Crippen LogP) is 12.8. The van der Waals surface area contributed by atoms with Crippen LogP contribution in [0.15, 0.2) is 203 Å². The maximum Gasteiger partial charge on any atom is 0.255 e. The summed E-state index contributed by atoms with van der Waals surface area (Å²) in [6, 6.07) is 46.8. The number of anilines is 7. The number of phenolic OH excluding ortho intramolecular Hbond substituents is 3. The van der Waals surface area contributed by atoms with E-state index in [1.54, 1.807) is 137 Å². The summed E-state index contributed by atoms with van der Waals surface area (Å²) in [5.74, 6) is -5.44. The van der Waals surface area contributed by atoms with Gasteiger partial charge in [0.05, 0.1) is 50.2 Å². The van der Waals surface area contributed by atoms with Crippen LogP contribution in [0.3, 0.4) is 0 Å². The number of sulfone groups is 3. The lowest BCUT2D eigenvalue weighted by Gasteiger charge is -2.21. The summed E-state index contributed by atoms with van der Waals surface area (Å²) in [7, 11) is -10.4. The molecule has 6 amide bonds. The zero-order chi connectivity index (χ0) is 75.8. The van der Waals surface area contributed by atoms with Crippen LogP contribution in [-0.4, -0.2) is 98.9 Å². The third kappa shape index (κ3) is 20.5. The highest BCUT2D eigenvalue weighted by Gasteiger charge is 2.38. The standard InChI is InChI=1S/C31H30N2O7S.C25H27N3O5S.C19H21FN2O5S/c1-19-5-9-22(10-6-19)31(36)32-26-18-29(40-24-13-11-23(39-4)12-14-24)27(17-28(26)34)33-30(35)21(3)41(37,38)25-15-7-20(2)8-16-25;1-15(2)23(34(32,33)20-6-4-5-16(3)13-20)25(31)27-19-11-12-21(22(29)14-19)28-24(30)17-7-9-18(26)10-8-17;1-4-18(28(26,27)13-7-5-11(2)6-8-13)19(25)22-15-10-17(24)16(9-14(15)20)21-12(3)23/h5-18,21,34H,1-4H3,(H,32,36)(H,33,35);4-15,23,29H,26H2,1-3H3,(H,27,31)(H,28,30);5-10,18,24H,4H2,1-3H3,(H,21,23)(H,22,25). The van der Waals surface area contributed by atoms with Crippen LogP contribution < -0.4 is 47.1 Å². The maximum atomic E-state index is 14.2. The molecule has 11 N–H and O–H groups in total. The smallest absolute Gasteiger partial charge is 0.255 e. The molecular weight excluding hydrogens is 1390 g/mol. The van der Waals surface area contributed by atoms with E-state index in [2.05, 4.69) is 31.9 Å². The SMILES string of the molecule is CCC(C(=O)Nc1cc(O)c(NC(C)=O)cc1F)S(=O)(=O)c1ccc(C)cc1.COc1ccc(Oc2cc(NC(=O)c3ccc(C)cc3)c(O)cc2NC(=O)C(C)S(=O)(=O)c2ccc(C)cc2)cc1.Cc1cccc(S(=O)(=O)C(C(=O)Nc2ccc(NC(=O)c3ccc(N)cc3)c(O)c2)C(C)C)c1. The molecule has 0 radical (unpaired) electrons. The van der Waals surface area contributed by atoms with Crippen LogP contribution in [0.4, 0.5) is 44.2 Å². The van der Waals surface area contributed by atoms with Gasteiger partial charge < -0.3 is 62.4 Å². The first-order valence-electron chi connectivity index (χ1n) is 31.7. The fourth-order valence-corrected chi connectivity index (χ4v) is 14.8. The van der Waals surface area contributed by atoms with Crippen molar-refractivity contribution in [1.29, 1.82) is 0 Å². The third-order valence-corrected chi connectivity index (χ3v) is 22.3. The van der Waals surface area contributed by atoms with Gasteiger partial charge in [0.15, 0.2) is 35.3 Å².